The van der Waals surface area contributed by atoms with E-state index in [1.807, 2.05) is 12.1 Å². The molecule has 2 fully saturated rings. The average molecular weight is 436 g/mol. The molecule has 30 heavy (non-hydrogen) atoms. The van der Waals surface area contributed by atoms with Crippen molar-refractivity contribution in [2.24, 2.45) is 5.92 Å². The summed E-state index contributed by atoms with van der Waals surface area (Å²) in [6.45, 7) is 7.78. The molecule has 2 amide bonds. The molecular weight excluding hydrogens is 402 g/mol. The van der Waals surface area contributed by atoms with E-state index >= 15 is 0 Å². The topological polar surface area (TPSA) is 86.8 Å². The number of rotatable bonds is 5. The maximum Gasteiger partial charge on any atom is 0.243 e. The van der Waals surface area contributed by atoms with Gasteiger partial charge >= 0.3 is 0 Å². The quantitative estimate of drug-likeness (QED) is 0.769. The molecule has 0 atom stereocenters. The van der Waals surface area contributed by atoms with Crippen molar-refractivity contribution in [1.82, 2.24) is 14.5 Å². The number of amides is 2. The fourth-order valence-electron chi connectivity index (χ4n) is 4.19. The standard InChI is InChI=1S/C22H33N3O4S/c1-16(2)18-4-6-21(7-5-18)30(28,29)25-14-8-19(9-15-25)22(27)23-20-10-12-24(13-11-20)17(3)26/h4-7,16,19-20H,8-15H2,1-3H3,(H,23,27). The van der Waals surface area contributed by atoms with Crippen molar-refractivity contribution in [3.05, 3.63) is 29.8 Å². The Kier molecular flexibility index (Phi) is 7.18. The Bertz CT molecular complexity index is 851. The van der Waals surface area contributed by atoms with Crippen LogP contribution in [0.1, 0.15) is 57.9 Å². The van der Waals surface area contributed by atoms with Crippen LogP contribution < -0.4 is 5.32 Å². The summed E-state index contributed by atoms with van der Waals surface area (Å²) in [5.74, 6) is 0.276. The lowest BCUT2D eigenvalue weighted by Gasteiger charge is -2.34. The minimum absolute atomic E-state index is 0.00890. The van der Waals surface area contributed by atoms with E-state index in [1.54, 1.807) is 24.0 Å². The summed E-state index contributed by atoms with van der Waals surface area (Å²) in [6, 6.07) is 7.19. The summed E-state index contributed by atoms with van der Waals surface area (Å²) < 4.78 is 27.4. The molecule has 1 aromatic rings. The fraction of sp³-hybridized carbons (Fsp3) is 0.636. The normalized spacial score (nSPS) is 19.8. The lowest BCUT2D eigenvalue weighted by atomic mass is 9.96. The van der Waals surface area contributed by atoms with Crippen LogP contribution in [0.25, 0.3) is 0 Å². The van der Waals surface area contributed by atoms with Gasteiger partial charge < -0.3 is 10.2 Å². The Hall–Kier alpha value is -1.93. The largest absolute Gasteiger partial charge is 0.353 e. The highest BCUT2D eigenvalue weighted by molar-refractivity contribution is 7.89. The maximum absolute atomic E-state index is 12.9. The van der Waals surface area contributed by atoms with Crippen LogP contribution in [0.2, 0.25) is 0 Å². The van der Waals surface area contributed by atoms with E-state index in [9.17, 15) is 18.0 Å². The Morgan fingerprint density at radius 3 is 2.03 bits per heavy atom. The lowest BCUT2D eigenvalue weighted by Crippen LogP contribution is -2.49. The third-order valence-electron chi connectivity index (χ3n) is 6.30. The van der Waals surface area contributed by atoms with Crippen LogP contribution in [-0.2, 0) is 19.6 Å². The van der Waals surface area contributed by atoms with Gasteiger partial charge in [0.25, 0.3) is 0 Å². The number of likely N-dealkylation sites (tertiary alicyclic amines) is 1. The summed E-state index contributed by atoms with van der Waals surface area (Å²) in [5.41, 5.74) is 1.11. The number of benzene rings is 1. The van der Waals surface area contributed by atoms with Gasteiger partial charge in [0.2, 0.25) is 21.8 Å². The molecule has 0 radical (unpaired) electrons. The number of nitrogens with zero attached hydrogens (tertiary/aromatic N) is 2. The number of hydrogen-bond donors (Lipinski definition) is 1. The van der Waals surface area contributed by atoms with Gasteiger partial charge in [-0.2, -0.15) is 4.31 Å². The van der Waals surface area contributed by atoms with Gasteiger partial charge in [0.05, 0.1) is 4.90 Å². The first kappa shape index (κ1) is 22.7. The number of sulfonamides is 1. The smallest absolute Gasteiger partial charge is 0.243 e. The van der Waals surface area contributed by atoms with Gasteiger partial charge in [-0.15, -0.1) is 0 Å². The van der Waals surface area contributed by atoms with Crippen LogP contribution >= 0.6 is 0 Å². The van der Waals surface area contributed by atoms with Crippen molar-refractivity contribution in [3.8, 4) is 0 Å². The van der Waals surface area contributed by atoms with Gasteiger partial charge in [0.15, 0.2) is 0 Å². The molecule has 0 bridgehead atoms. The van der Waals surface area contributed by atoms with Crippen molar-refractivity contribution < 1.29 is 18.0 Å². The second-order valence-electron chi connectivity index (χ2n) is 8.69. The van der Waals surface area contributed by atoms with E-state index in [0.717, 1.165) is 18.4 Å². The van der Waals surface area contributed by atoms with Crippen molar-refractivity contribution in [3.63, 3.8) is 0 Å². The van der Waals surface area contributed by atoms with Crippen LogP contribution in [0.4, 0.5) is 0 Å². The van der Waals surface area contributed by atoms with Crippen LogP contribution in [0.5, 0.6) is 0 Å². The molecule has 2 aliphatic heterocycles. The first-order valence-corrected chi connectivity index (χ1v) is 12.3. The lowest BCUT2D eigenvalue weighted by molar-refractivity contribution is -0.130. The third-order valence-corrected chi connectivity index (χ3v) is 8.21. The molecule has 8 heteroatoms. The number of nitrogens with one attached hydrogen (secondary N) is 1. The molecule has 0 unspecified atom stereocenters. The first-order chi connectivity index (χ1) is 14.2. The minimum atomic E-state index is -3.53. The molecule has 2 heterocycles. The maximum atomic E-state index is 12.9. The molecule has 3 rings (SSSR count). The zero-order valence-electron chi connectivity index (χ0n) is 18.1. The molecular formula is C22H33N3O4S. The average Bonchev–Trinajstić information content (AvgIpc) is 2.74. The van der Waals surface area contributed by atoms with Gasteiger partial charge in [-0.25, -0.2) is 8.42 Å². The van der Waals surface area contributed by atoms with Crippen molar-refractivity contribution in [1.29, 1.82) is 0 Å². The molecule has 2 aliphatic rings. The second kappa shape index (κ2) is 9.47. The minimum Gasteiger partial charge on any atom is -0.353 e. The van der Waals surface area contributed by atoms with Gasteiger partial charge in [-0.05, 0) is 49.3 Å². The van der Waals surface area contributed by atoms with E-state index < -0.39 is 10.0 Å². The predicted molar refractivity (Wildman–Crippen MR) is 115 cm³/mol. The number of hydrogen-bond acceptors (Lipinski definition) is 4. The van der Waals surface area contributed by atoms with Gasteiger partial charge in [-0.1, -0.05) is 26.0 Å². The molecule has 0 aromatic heterocycles. The Morgan fingerprint density at radius 2 is 1.53 bits per heavy atom. The Morgan fingerprint density at radius 1 is 0.967 bits per heavy atom. The zero-order valence-corrected chi connectivity index (χ0v) is 19.0. The van der Waals surface area contributed by atoms with Crippen molar-refractivity contribution in [2.75, 3.05) is 26.2 Å². The highest BCUT2D eigenvalue weighted by Gasteiger charge is 2.33. The SMILES string of the molecule is CC(=O)N1CCC(NC(=O)C2CCN(S(=O)(=O)c3ccc(C(C)C)cc3)CC2)CC1. The first-order valence-electron chi connectivity index (χ1n) is 10.8. The summed E-state index contributed by atoms with van der Waals surface area (Å²) in [5, 5.41) is 3.11. The zero-order chi connectivity index (χ0) is 21.9. The van der Waals surface area contributed by atoms with Crippen LogP contribution in [0.3, 0.4) is 0 Å². The summed E-state index contributed by atoms with van der Waals surface area (Å²) in [6.07, 6.45) is 2.60. The number of piperidine rings is 2. The second-order valence-corrected chi connectivity index (χ2v) is 10.6. The van der Waals surface area contributed by atoms with E-state index in [4.69, 9.17) is 0 Å². The molecule has 1 aromatic carbocycles. The Balaban J connectivity index is 1.51. The highest BCUT2D eigenvalue weighted by Crippen LogP contribution is 2.25. The van der Waals surface area contributed by atoms with Crippen molar-refractivity contribution in [2.45, 2.75) is 63.3 Å². The highest BCUT2D eigenvalue weighted by atomic mass is 32.2. The van der Waals surface area contributed by atoms with E-state index in [0.29, 0.717) is 49.8 Å². The molecule has 7 nitrogen and oxygen atoms in total. The fourth-order valence-corrected chi connectivity index (χ4v) is 5.66. The van der Waals surface area contributed by atoms with Crippen LogP contribution in [-0.4, -0.2) is 61.7 Å². The van der Waals surface area contributed by atoms with Gasteiger partial charge in [-0.3, -0.25) is 9.59 Å². The molecule has 1 N–H and O–H groups in total. The number of carbonyl (C=O) groups excluding carboxylic acids is 2. The molecule has 0 saturated carbocycles. The molecule has 166 valence electrons. The summed E-state index contributed by atoms with van der Waals surface area (Å²) >= 11 is 0. The summed E-state index contributed by atoms with van der Waals surface area (Å²) in [4.78, 5) is 26.2. The van der Waals surface area contributed by atoms with Crippen LogP contribution in [0, 0.1) is 5.92 Å². The van der Waals surface area contributed by atoms with Crippen molar-refractivity contribution >= 4 is 21.8 Å². The van der Waals surface area contributed by atoms with E-state index in [-0.39, 0.29) is 23.8 Å². The summed E-state index contributed by atoms with van der Waals surface area (Å²) in [7, 11) is -3.53. The number of carbonyl (C=O) groups is 2. The Labute approximate surface area is 179 Å². The van der Waals surface area contributed by atoms with Crippen LogP contribution in [0.15, 0.2) is 29.2 Å². The molecule has 2 saturated heterocycles. The van der Waals surface area contributed by atoms with E-state index in [1.165, 1.54) is 4.31 Å². The monoisotopic (exact) mass is 435 g/mol. The predicted octanol–water partition coefficient (Wildman–Crippen LogP) is 2.34. The third kappa shape index (κ3) is 5.21. The molecule has 0 spiro atoms. The van der Waals surface area contributed by atoms with E-state index in [2.05, 4.69) is 19.2 Å². The molecule has 0 aliphatic carbocycles. The van der Waals surface area contributed by atoms with Gasteiger partial charge in [0.1, 0.15) is 0 Å². The van der Waals surface area contributed by atoms with Gasteiger partial charge in [0, 0.05) is 45.1 Å².